The van der Waals surface area contributed by atoms with Crippen LogP contribution < -0.4 is 5.73 Å². The van der Waals surface area contributed by atoms with Crippen molar-refractivity contribution in [2.24, 2.45) is 11.1 Å². The minimum Gasteiger partial charge on any atom is -0.467 e. The third kappa shape index (κ3) is 3.04. The van der Waals surface area contributed by atoms with Crippen molar-refractivity contribution in [1.82, 2.24) is 0 Å². The van der Waals surface area contributed by atoms with E-state index in [1.54, 1.807) is 6.26 Å². The van der Waals surface area contributed by atoms with Crippen LogP contribution in [0.25, 0.3) is 0 Å². The summed E-state index contributed by atoms with van der Waals surface area (Å²) in [6, 6.07) is 3.77. The van der Waals surface area contributed by atoms with Crippen molar-refractivity contribution >= 4 is 17.2 Å². The second kappa shape index (κ2) is 4.33. The zero-order valence-electron chi connectivity index (χ0n) is 8.57. The summed E-state index contributed by atoms with van der Waals surface area (Å²) >= 11 is 4.92. The van der Waals surface area contributed by atoms with Crippen molar-refractivity contribution in [3.8, 4) is 0 Å². The molecule has 1 aliphatic carbocycles. The molecule has 0 spiro atoms. The van der Waals surface area contributed by atoms with Gasteiger partial charge in [-0.1, -0.05) is 12.2 Å². The third-order valence-corrected chi connectivity index (χ3v) is 2.88. The van der Waals surface area contributed by atoms with Crippen molar-refractivity contribution in [3.63, 3.8) is 0 Å². The molecule has 1 aromatic rings. The first-order valence-electron chi connectivity index (χ1n) is 5.09. The van der Waals surface area contributed by atoms with Gasteiger partial charge in [0.2, 0.25) is 0 Å². The lowest BCUT2D eigenvalue weighted by Gasteiger charge is -2.13. The molecule has 2 rings (SSSR count). The summed E-state index contributed by atoms with van der Waals surface area (Å²) in [5, 5.41) is 0. The predicted octanol–water partition coefficient (Wildman–Crippen LogP) is 2.25. The first-order chi connectivity index (χ1) is 7.20. The van der Waals surface area contributed by atoms with Gasteiger partial charge in [0.15, 0.2) is 0 Å². The molecule has 3 nitrogen and oxygen atoms in total. The summed E-state index contributed by atoms with van der Waals surface area (Å²) in [5.41, 5.74) is 5.78. The summed E-state index contributed by atoms with van der Waals surface area (Å²) in [6.07, 6.45) is 4.80. The van der Waals surface area contributed by atoms with Gasteiger partial charge in [0.25, 0.3) is 0 Å². The molecule has 0 unspecified atom stereocenters. The lowest BCUT2D eigenvalue weighted by atomic mass is 10.0. The molecule has 82 valence electrons. The highest BCUT2D eigenvalue weighted by Crippen LogP contribution is 2.49. The van der Waals surface area contributed by atoms with Crippen LogP contribution in [-0.2, 0) is 11.3 Å². The molecule has 0 aliphatic heterocycles. The first kappa shape index (κ1) is 10.6. The molecule has 1 aromatic heterocycles. The number of nitrogens with two attached hydrogens (primary N) is 1. The van der Waals surface area contributed by atoms with E-state index in [9.17, 15) is 0 Å². The third-order valence-electron chi connectivity index (χ3n) is 2.74. The molecule has 2 N–H and O–H groups in total. The van der Waals surface area contributed by atoms with E-state index in [1.165, 1.54) is 12.8 Å². The highest BCUT2D eigenvalue weighted by molar-refractivity contribution is 7.80. The molecule has 1 aliphatic rings. The molecular weight excluding hydrogens is 210 g/mol. The molecule has 0 amide bonds. The maximum atomic E-state index is 5.60. The fourth-order valence-corrected chi connectivity index (χ4v) is 1.99. The fraction of sp³-hybridized carbons (Fsp3) is 0.545. The Morgan fingerprint density at radius 3 is 2.93 bits per heavy atom. The Morgan fingerprint density at radius 2 is 2.40 bits per heavy atom. The topological polar surface area (TPSA) is 48.4 Å². The quantitative estimate of drug-likeness (QED) is 0.754. The maximum absolute atomic E-state index is 5.60. The zero-order chi connectivity index (χ0) is 10.7. The van der Waals surface area contributed by atoms with E-state index in [4.69, 9.17) is 27.1 Å². The molecule has 1 fully saturated rings. The van der Waals surface area contributed by atoms with Gasteiger partial charge in [-0.15, -0.1) is 0 Å². The molecule has 0 saturated heterocycles. The molecule has 0 bridgehead atoms. The largest absolute Gasteiger partial charge is 0.467 e. The van der Waals surface area contributed by atoms with Crippen molar-refractivity contribution in [2.75, 3.05) is 6.61 Å². The zero-order valence-corrected chi connectivity index (χ0v) is 9.39. The van der Waals surface area contributed by atoms with Crippen LogP contribution in [0.5, 0.6) is 0 Å². The number of ether oxygens (including phenoxy) is 1. The van der Waals surface area contributed by atoms with Gasteiger partial charge in [-0.3, -0.25) is 0 Å². The molecule has 15 heavy (non-hydrogen) atoms. The number of rotatable bonds is 6. The molecule has 1 saturated carbocycles. The van der Waals surface area contributed by atoms with Crippen molar-refractivity contribution < 1.29 is 9.15 Å². The lowest BCUT2D eigenvalue weighted by molar-refractivity contribution is 0.0693. The van der Waals surface area contributed by atoms with Gasteiger partial charge >= 0.3 is 0 Å². The van der Waals surface area contributed by atoms with E-state index in [0.717, 1.165) is 18.8 Å². The summed E-state index contributed by atoms with van der Waals surface area (Å²) < 4.78 is 10.8. The Morgan fingerprint density at radius 1 is 1.60 bits per heavy atom. The van der Waals surface area contributed by atoms with E-state index in [-0.39, 0.29) is 5.41 Å². The van der Waals surface area contributed by atoms with Gasteiger partial charge in [-0.25, -0.2) is 0 Å². The number of furan rings is 1. The molecular formula is C11H15NO2S. The molecule has 0 aromatic carbocycles. The Balaban J connectivity index is 1.72. The minimum atomic E-state index is 0.235. The van der Waals surface area contributed by atoms with Crippen molar-refractivity contribution in [1.29, 1.82) is 0 Å². The standard InChI is InChI=1S/C11H15NO2S/c12-10(15)6-11(3-4-11)8-13-7-9-2-1-5-14-9/h1-2,5H,3-4,6-8H2,(H2,12,15). The van der Waals surface area contributed by atoms with E-state index in [0.29, 0.717) is 11.6 Å². The van der Waals surface area contributed by atoms with Gasteiger partial charge in [-0.2, -0.15) is 0 Å². The van der Waals surface area contributed by atoms with Crippen molar-refractivity contribution in [3.05, 3.63) is 24.2 Å². The van der Waals surface area contributed by atoms with E-state index < -0.39 is 0 Å². The average molecular weight is 225 g/mol. The fourth-order valence-electron chi connectivity index (χ4n) is 1.68. The molecule has 0 atom stereocenters. The Kier molecular flexibility index (Phi) is 3.07. The maximum Gasteiger partial charge on any atom is 0.129 e. The summed E-state index contributed by atoms with van der Waals surface area (Å²) in [5.74, 6) is 0.862. The van der Waals surface area contributed by atoms with Gasteiger partial charge in [0, 0.05) is 11.8 Å². The van der Waals surface area contributed by atoms with Gasteiger partial charge in [-0.05, 0) is 25.0 Å². The van der Waals surface area contributed by atoms with E-state index in [2.05, 4.69) is 0 Å². The molecule has 1 heterocycles. The van der Waals surface area contributed by atoms with Crippen LogP contribution >= 0.6 is 12.2 Å². The van der Waals surface area contributed by atoms with Gasteiger partial charge < -0.3 is 14.9 Å². The predicted molar refractivity (Wildman–Crippen MR) is 61.4 cm³/mol. The average Bonchev–Trinajstić information content (AvgIpc) is 2.74. The van der Waals surface area contributed by atoms with Crippen LogP contribution in [-0.4, -0.2) is 11.6 Å². The van der Waals surface area contributed by atoms with Crippen LogP contribution in [0, 0.1) is 5.41 Å². The highest BCUT2D eigenvalue weighted by atomic mass is 32.1. The second-order valence-electron chi connectivity index (χ2n) is 4.22. The molecule has 4 heteroatoms. The second-order valence-corrected chi connectivity index (χ2v) is 4.74. The lowest BCUT2D eigenvalue weighted by Crippen LogP contribution is -2.19. The van der Waals surface area contributed by atoms with Crippen LogP contribution in [0.15, 0.2) is 22.8 Å². The number of hydrogen-bond acceptors (Lipinski definition) is 3. The van der Waals surface area contributed by atoms with Gasteiger partial charge in [0.1, 0.15) is 12.4 Å². The Hall–Kier alpha value is -0.870. The van der Waals surface area contributed by atoms with E-state index in [1.807, 2.05) is 12.1 Å². The minimum absolute atomic E-state index is 0.235. The highest BCUT2D eigenvalue weighted by Gasteiger charge is 2.43. The van der Waals surface area contributed by atoms with Crippen LogP contribution in [0.4, 0.5) is 0 Å². The Bertz CT molecular complexity index is 330. The van der Waals surface area contributed by atoms with Crippen LogP contribution in [0.3, 0.4) is 0 Å². The normalized spacial score (nSPS) is 17.6. The van der Waals surface area contributed by atoms with Crippen LogP contribution in [0.2, 0.25) is 0 Å². The Labute approximate surface area is 94.6 Å². The number of hydrogen-bond donors (Lipinski definition) is 1. The van der Waals surface area contributed by atoms with Gasteiger partial charge in [0.05, 0.1) is 17.9 Å². The number of thiocarbonyl (C=S) groups is 1. The van der Waals surface area contributed by atoms with Crippen LogP contribution in [0.1, 0.15) is 25.0 Å². The SMILES string of the molecule is NC(=S)CC1(COCc2ccco2)CC1. The summed E-state index contributed by atoms with van der Waals surface area (Å²) in [4.78, 5) is 0.592. The van der Waals surface area contributed by atoms with Crippen molar-refractivity contribution in [2.45, 2.75) is 25.9 Å². The smallest absolute Gasteiger partial charge is 0.129 e. The monoisotopic (exact) mass is 225 g/mol. The van der Waals surface area contributed by atoms with E-state index >= 15 is 0 Å². The summed E-state index contributed by atoms with van der Waals surface area (Å²) in [6.45, 7) is 1.26. The molecule has 0 radical (unpaired) electrons. The summed E-state index contributed by atoms with van der Waals surface area (Å²) in [7, 11) is 0. The first-order valence-corrected chi connectivity index (χ1v) is 5.49.